The van der Waals surface area contributed by atoms with E-state index in [4.69, 9.17) is 11.6 Å². The largest absolute Gasteiger partial charge is 0.340 e. The lowest BCUT2D eigenvalue weighted by Gasteiger charge is -2.17. The molecule has 0 saturated heterocycles. The summed E-state index contributed by atoms with van der Waals surface area (Å²) in [6, 6.07) is 5.34. The van der Waals surface area contributed by atoms with Crippen LogP contribution in [0.4, 0.5) is 0 Å². The van der Waals surface area contributed by atoms with Crippen molar-refractivity contribution in [3.8, 4) is 0 Å². The summed E-state index contributed by atoms with van der Waals surface area (Å²) in [5, 5.41) is 3.70. The first-order valence-electron chi connectivity index (χ1n) is 5.22. The van der Waals surface area contributed by atoms with Gasteiger partial charge in [-0.05, 0) is 37.7 Å². The molecule has 88 valence electrons. The van der Waals surface area contributed by atoms with Gasteiger partial charge in [-0.3, -0.25) is 4.79 Å². The molecule has 0 atom stereocenters. The Balaban J connectivity index is 2.76. The van der Waals surface area contributed by atoms with Crippen LogP contribution < -0.4 is 5.32 Å². The summed E-state index contributed by atoms with van der Waals surface area (Å²) < 4.78 is 0. The molecule has 0 aliphatic carbocycles. The normalized spacial score (nSPS) is 10.2. The lowest BCUT2D eigenvalue weighted by molar-refractivity contribution is 0.0797. The monoisotopic (exact) mass is 240 g/mol. The molecule has 1 aromatic carbocycles. The minimum absolute atomic E-state index is 0.0232. The van der Waals surface area contributed by atoms with Crippen LogP contribution in [0.15, 0.2) is 18.2 Å². The zero-order valence-electron chi connectivity index (χ0n) is 9.88. The van der Waals surface area contributed by atoms with E-state index in [0.717, 1.165) is 12.1 Å². The van der Waals surface area contributed by atoms with Gasteiger partial charge in [0.05, 0.1) is 0 Å². The third-order valence-corrected chi connectivity index (χ3v) is 2.87. The summed E-state index contributed by atoms with van der Waals surface area (Å²) in [6.07, 6.45) is 0. The van der Waals surface area contributed by atoms with E-state index < -0.39 is 0 Å². The smallest absolute Gasteiger partial charge is 0.253 e. The standard InChI is InChI=1S/C12H17ClN2O/c1-9-8-10(4-5-11(9)13)12(16)15(3)7-6-14-2/h4-5,8,14H,6-7H2,1-3H3. The molecule has 0 aliphatic heterocycles. The zero-order chi connectivity index (χ0) is 12.1. The quantitative estimate of drug-likeness (QED) is 0.873. The Morgan fingerprint density at radius 2 is 2.19 bits per heavy atom. The van der Waals surface area contributed by atoms with E-state index in [1.807, 2.05) is 20.0 Å². The SMILES string of the molecule is CNCCN(C)C(=O)c1ccc(Cl)c(C)c1. The highest BCUT2D eigenvalue weighted by Crippen LogP contribution is 2.17. The number of aryl methyl sites for hydroxylation is 1. The highest BCUT2D eigenvalue weighted by Gasteiger charge is 2.11. The Morgan fingerprint density at radius 1 is 1.50 bits per heavy atom. The van der Waals surface area contributed by atoms with E-state index in [0.29, 0.717) is 17.1 Å². The molecule has 0 heterocycles. The first-order chi connectivity index (χ1) is 7.56. The zero-order valence-corrected chi connectivity index (χ0v) is 10.6. The van der Waals surface area contributed by atoms with Gasteiger partial charge in [-0.15, -0.1) is 0 Å². The average Bonchev–Trinajstić information content (AvgIpc) is 2.28. The van der Waals surface area contributed by atoms with Crippen molar-refractivity contribution in [2.24, 2.45) is 0 Å². The van der Waals surface area contributed by atoms with Gasteiger partial charge < -0.3 is 10.2 Å². The Hall–Kier alpha value is -1.06. The van der Waals surface area contributed by atoms with E-state index in [9.17, 15) is 4.79 Å². The molecule has 1 N–H and O–H groups in total. The van der Waals surface area contributed by atoms with Gasteiger partial charge in [0.15, 0.2) is 0 Å². The summed E-state index contributed by atoms with van der Waals surface area (Å²) in [7, 11) is 3.66. The van der Waals surface area contributed by atoms with Gasteiger partial charge in [-0.2, -0.15) is 0 Å². The van der Waals surface area contributed by atoms with Gasteiger partial charge in [0.1, 0.15) is 0 Å². The predicted molar refractivity (Wildman–Crippen MR) is 67.1 cm³/mol. The number of hydrogen-bond donors (Lipinski definition) is 1. The van der Waals surface area contributed by atoms with Crippen LogP contribution in [0, 0.1) is 6.92 Å². The van der Waals surface area contributed by atoms with Gasteiger partial charge >= 0.3 is 0 Å². The second-order valence-corrected chi connectivity index (χ2v) is 4.20. The summed E-state index contributed by atoms with van der Waals surface area (Å²) in [6.45, 7) is 3.37. The van der Waals surface area contributed by atoms with Crippen molar-refractivity contribution in [1.82, 2.24) is 10.2 Å². The molecular weight excluding hydrogens is 224 g/mol. The Labute approximate surface area is 101 Å². The minimum atomic E-state index is 0.0232. The fourth-order valence-electron chi connectivity index (χ4n) is 1.38. The van der Waals surface area contributed by atoms with Gasteiger partial charge in [0, 0.05) is 30.7 Å². The molecule has 0 radical (unpaired) electrons. The molecule has 0 bridgehead atoms. The Morgan fingerprint density at radius 3 is 2.75 bits per heavy atom. The van der Waals surface area contributed by atoms with E-state index in [1.165, 1.54) is 0 Å². The molecule has 4 heteroatoms. The van der Waals surface area contributed by atoms with E-state index in [-0.39, 0.29) is 5.91 Å². The highest BCUT2D eigenvalue weighted by molar-refractivity contribution is 6.31. The lowest BCUT2D eigenvalue weighted by Crippen LogP contribution is -2.32. The third kappa shape index (κ3) is 3.22. The third-order valence-electron chi connectivity index (χ3n) is 2.45. The van der Waals surface area contributed by atoms with Crippen LogP contribution in [0.5, 0.6) is 0 Å². The van der Waals surface area contributed by atoms with Crippen LogP contribution in [-0.4, -0.2) is 38.0 Å². The molecule has 1 rings (SSSR count). The summed E-state index contributed by atoms with van der Waals surface area (Å²) >= 11 is 5.91. The maximum Gasteiger partial charge on any atom is 0.253 e. The summed E-state index contributed by atoms with van der Waals surface area (Å²) in [5.74, 6) is 0.0232. The number of halogens is 1. The molecule has 1 aromatic rings. The first-order valence-corrected chi connectivity index (χ1v) is 5.60. The van der Waals surface area contributed by atoms with Gasteiger partial charge in [0.2, 0.25) is 0 Å². The number of amides is 1. The Bertz CT molecular complexity index is 379. The van der Waals surface area contributed by atoms with Crippen molar-refractivity contribution < 1.29 is 4.79 Å². The molecule has 0 spiro atoms. The number of nitrogens with zero attached hydrogens (tertiary/aromatic N) is 1. The molecule has 16 heavy (non-hydrogen) atoms. The molecule has 0 aliphatic rings. The van der Waals surface area contributed by atoms with Gasteiger partial charge in [-0.1, -0.05) is 11.6 Å². The van der Waals surface area contributed by atoms with Crippen LogP contribution in [0.2, 0.25) is 5.02 Å². The van der Waals surface area contributed by atoms with Crippen LogP contribution in [0.1, 0.15) is 15.9 Å². The Kier molecular flexibility index (Phi) is 4.77. The van der Waals surface area contributed by atoms with Crippen molar-refractivity contribution in [2.45, 2.75) is 6.92 Å². The summed E-state index contributed by atoms with van der Waals surface area (Å²) in [4.78, 5) is 13.7. The minimum Gasteiger partial charge on any atom is -0.340 e. The van der Waals surface area contributed by atoms with Crippen LogP contribution >= 0.6 is 11.6 Å². The molecular formula is C12H17ClN2O. The maximum atomic E-state index is 12.0. The highest BCUT2D eigenvalue weighted by atomic mass is 35.5. The fraction of sp³-hybridized carbons (Fsp3) is 0.417. The van der Waals surface area contributed by atoms with Gasteiger partial charge in [0.25, 0.3) is 5.91 Å². The average molecular weight is 241 g/mol. The van der Waals surface area contributed by atoms with Crippen LogP contribution in [0.3, 0.4) is 0 Å². The fourth-order valence-corrected chi connectivity index (χ4v) is 1.50. The topological polar surface area (TPSA) is 32.3 Å². The molecule has 0 aromatic heterocycles. The number of carbonyl (C=O) groups is 1. The van der Waals surface area contributed by atoms with Crippen molar-refractivity contribution in [3.63, 3.8) is 0 Å². The van der Waals surface area contributed by atoms with E-state index in [1.54, 1.807) is 24.1 Å². The molecule has 1 amide bonds. The number of carbonyl (C=O) groups excluding carboxylic acids is 1. The number of hydrogen-bond acceptors (Lipinski definition) is 2. The second-order valence-electron chi connectivity index (χ2n) is 3.79. The van der Waals surface area contributed by atoms with E-state index >= 15 is 0 Å². The predicted octanol–water partition coefficient (Wildman–Crippen LogP) is 1.94. The molecule has 3 nitrogen and oxygen atoms in total. The number of nitrogens with one attached hydrogen (secondary N) is 1. The maximum absolute atomic E-state index is 12.0. The van der Waals surface area contributed by atoms with Crippen molar-refractivity contribution in [2.75, 3.05) is 27.2 Å². The number of benzene rings is 1. The second kappa shape index (κ2) is 5.87. The molecule has 0 fully saturated rings. The molecule has 0 saturated carbocycles. The number of rotatable bonds is 4. The van der Waals surface area contributed by atoms with Crippen molar-refractivity contribution in [3.05, 3.63) is 34.3 Å². The molecule has 0 unspecified atom stereocenters. The first kappa shape index (κ1) is 13.0. The lowest BCUT2D eigenvalue weighted by atomic mass is 10.1. The van der Waals surface area contributed by atoms with Crippen molar-refractivity contribution in [1.29, 1.82) is 0 Å². The van der Waals surface area contributed by atoms with Crippen LogP contribution in [-0.2, 0) is 0 Å². The van der Waals surface area contributed by atoms with Gasteiger partial charge in [-0.25, -0.2) is 0 Å². The van der Waals surface area contributed by atoms with E-state index in [2.05, 4.69) is 5.32 Å². The number of likely N-dealkylation sites (N-methyl/N-ethyl adjacent to an activating group) is 2. The summed E-state index contributed by atoms with van der Waals surface area (Å²) in [5.41, 5.74) is 1.61. The van der Waals surface area contributed by atoms with Crippen molar-refractivity contribution >= 4 is 17.5 Å². The van der Waals surface area contributed by atoms with Crippen LogP contribution in [0.25, 0.3) is 0 Å².